The van der Waals surface area contributed by atoms with Crippen LogP contribution in [0.3, 0.4) is 0 Å². The van der Waals surface area contributed by atoms with Crippen molar-refractivity contribution in [3.63, 3.8) is 0 Å². The van der Waals surface area contributed by atoms with Gasteiger partial charge >= 0.3 is 0 Å². The number of methoxy groups -OCH3 is 2. The van der Waals surface area contributed by atoms with Crippen molar-refractivity contribution >= 4 is 63.0 Å². The molecule has 0 unspecified atom stereocenters. The molecule has 0 bridgehead atoms. The fourth-order valence-corrected chi connectivity index (χ4v) is 6.50. The molecule has 0 fully saturated rings. The number of aromatic hydroxyl groups is 4. The molecule has 5 rings (SSSR count). The van der Waals surface area contributed by atoms with Crippen LogP contribution in [0.5, 0.6) is 34.5 Å². The first-order valence-electron chi connectivity index (χ1n) is 11.8. The molecule has 0 aromatic heterocycles. The minimum atomic E-state index is -0.973. The van der Waals surface area contributed by atoms with Crippen molar-refractivity contribution in [3.05, 3.63) is 66.1 Å². The maximum absolute atomic E-state index is 13.9. The Hall–Kier alpha value is -3.23. The standard InChI is InChI=1S/C29H22Cl4O7/c1-9-16(26(37)23(33)28(40-5)20(9)30)10-7-14(34)21(31)11-6-12-18(24(35)17(10)11)25(36)19-13(29(12,2)3)8-15(39-4)22(32)27(19)38/h6-8,34-35,37-38H,1-5H3. The zero-order valence-corrected chi connectivity index (χ0v) is 24.8. The van der Waals surface area contributed by atoms with E-state index in [0.29, 0.717) is 16.7 Å². The van der Waals surface area contributed by atoms with E-state index in [-0.39, 0.29) is 70.4 Å². The van der Waals surface area contributed by atoms with Gasteiger partial charge in [0.2, 0.25) is 5.78 Å². The molecule has 7 nitrogen and oxygen atoms in total. The summed E-state index contributed by atoms with van der Waals surface area (Å²) in [5.74, 6) is -2.21. The Labute approximate surface area is 249 Å². The lowest BCUT2D eigenvalue weighted by Crippen LogP contribution is -2.31. The minimum absolute atomic E-state index is 0.0440. The number of rotatable bonds is 3. The van der Waals surface area contributed by atoms with Crippen LogP contribution in [-0.4, -0.2) is 40.4 Å². The number of phenols is 4. The van der Waals surface area contributed by atoms with Crippen LogP contribution >= 0.6 is 46.4 Å². The molecule has 0 atom stereocenters. The van der Waals surface area contributed by atoms with Crippen LogP contribution in [0, 0.1) is 6.92 Å². The van der Waals surface area contributed by atoms with Crippen LogP contribution < -0.4 is 9.47 Å². The third kappa shape index (κ3) is 3.61. The van der Waals surface area contributed by atoms with E-state index in [9.17, 15) is 25.2 Å². The van der Waals surface area contributed by atoms with Gasteiger partial charge in [-0.1, -0.05) is 60.3 Å². The Bertz CT molecular complexity index is 1780. The van der Waals surface area contributed by atoms with Crippen LogP contribution in [0.25, 0.3) is 21.9 Å². The molecule has 0 spiro atoms. The van der Waals surface area contributed by atoms with Gasteiger partial charge < -0.3 is 29.9 Å². The molecule has 0 saturated carbocycles. The molecule has 4 aromatic rings. The number of halogens is 4. The molecule has 0 amide bonds. The summed E-state index contributed by atoms with van der Waals surface area (Å²) in [6.07, 6.45) is 0. The summed E-state index contributed by atoms with van der Waals surface area (Å²) in [5.41, 5.74) is 0.151. The predicted octanol–water partition coefficient (Wildman–Crippen LogP) is 8.14. The van der Waals surface area contributed by atoms with Crippen molar-refractivity contribution in [3.8, 4) is 45.6 Å². The highest BCUT2D eigenvalue weighted by Gasteiger charge is 2.43. The second kappa shape index (κ2) is 9.42. The molecule has 0 saturated heterocycles. The minimum Gasteiger partial charge on any atom is -0.506 e. The Morgan fingerprint density at radius 2 is 1.30 bits per heavy atom. The molecule has 4 N–H and O–H groups in total. The van der Waals surface area contributed by atoms with Crippen LogP contribution in [0.1, 0.15) is 46.5 Å². The number of carbonyl (C=O) groups excluding carboxylic acids is 1. The van der Waals surface area contributed by atoms with Gasteiger partial charge in [-0.15, -0.1) is 0 Å². The normalized spacial score (nSPS) is 13.8. The Balaban J connectivity index is 1.96. The summed E-state index contributed by atoms with van der Waals surface area (Å²) in [4.78, 5) is 13.9. The lowest BCUT2D eigenvalue weighted by Gasteiger charge is -2.36. The Kier molecular flexibility index (Phi) is 6.66. The van der Waals surface area contributed by atoms with Crippen molar-refractivity contribution in [1.82, 2.24) is 0 Å². The van der Waals surface area contributed by atoms with Crippen molar-refractivity contribution in [2.75, 3.05) is 14.2 Å². The predicted molar refractivity (Wildman–Crippen MR) is 156 cm³/mol. The highest BCUT2D eigenvalue weighted by atomic mass is 35.5. The topological polar surface area (TPSA) is 116 Å². The van der Waals surface area contributed by atoms with Gasteiger partial charge in [0.05, 0.1) is 35.4 Å². The van der Waals surface area contributed by atoms with Gasteiger partial charge in [0.1, 0.15) is 38.8 Å². The molecule has 1 aliphatic rings. The number of hydrogen-bond acceptors (Lipinski definition) is 7. The van der Waals surface area contributed by atoms with E-state index in [2.05, 4.69) is 0 Å². The summed E-state index contributed by atoms with van der Waals surface area (Å²) in [7, 11) is 2.73. The SMILES string of the molecule is COc1cc2c(c(O)c1Cl)C(=O)c1c(cc3c(Cl)c(O)cc(-c4c(C)c(Cl)c(OC)c(Cl)c4O)c3c1O)C2(C)C. The number of hydrogen-bond donors (Lipinski definition) is 4. The molecular formula is C29H22Cl4O7. The maximum Gasteiger partial charge on any atom is 0.201 e. The monoisotopic (exact) mass is 622 g/mol. The van der Waals surface area contributed by atoms with E-state index in [4.69, 9.17) is 55.9 Å². The van der Waals surface area contributed by atoms with Gasteiger partial charge in [0.25, 0.3) is 0 Å². The number of fused-ring (bicyclic) bond motifs is 3. The van der Waals surface area contributed by atoms with E-state index in [1.54, 1.807) is 32.9 Å². The number of ether oxygens (including phenoxy) is 2. The van der Waals surface area contributed by atoms with Crippen molar-refractivity contribution in [2.45, 2.75) is 26.2 Å². The molecule has 0 aliphatic heterocycles. The van der Waals surface area contributed by atoms with Gasteiger partial charge in [0.15, 0.2) is 5.75 Å². The van der Waals surface area contributed by atoms with Crippen LogP contribution in [0.15, 0.2) is 18.2 Å². The van der Waals surface area contributed by atoms with E-state index >= 15 is 0 Å². The summed E-state index contributed by atoms with van der Waals surface area (Å²) in [6, 6.07) is 4.40. The summed E-state index contributed by atoms with van der Waals surface area (Å²) in [5, 5.41) is 44.6. The molecule has 11 heteroatoms. The molecule has 4 aromatic carbocycles. The Morgan fingerprint density at radius 1 is 0.725 bits per heavy atom. The first-order chi connectivity index (χ1) is 18.7. The summed E-state index contributed by atoms with van der Waals surface area (Å²) >= 11 is 25.7. The third-order valence-electron chi connectivity index (χ3n) is 7.56. The Morgan fingerprint density at radius 3 is 1.90 bits per heavy atom. The van der Waals surface area contributed by atoms with Crippen molar-refractivity contribution in [1.29, 1.82) is 0 Å². The molecule has 1 aliphatic carbocycles. The first-order valence-corrected chi connectivity index (χ1v) is 13.3. The van der Waals surface area contributed by atoms with Gasteiger partial charge in [0, 0.05) is 27.3 Å². The van der Waals surface area contributed by atoms with Crippen molar-refractivity contribution in [2.24, 2.45) is 0 Å². The lowest BCUT2D eigenvalue weighted by atomic mass is 9.67. The van der Waals surface area contributed by atoms with E-state index in [1.807, 2.05) is 0 Å². The zero-order valence-electron chi connectivity index (χ0n) is 21.8. The first kappa shape index (κ1) is 28.3. The van der Waals surface area contributed by atoms with Gasteiger partial charge in [-0.05, 0) is 41.8 Å². The fraction of sp³-hybridized carbons (Fsp3) is 0.207. The average Bonchev–Trinajstić information content (AvgIpc) is 2.90. The molecule has 0 radical (unpaired) electrons. The molecular weight excluding hydrogens is 602 g/mol. The van der Waals surface area contributed by atoms with E-state index in [0.717, 1.165) is 0 Å². The quantitative estimate of drug-likeness (QED) is 0.182. The van der Waals surface area contributed by atoms with Gasteiger partial charge in [-0.25, -0.2) is 0 Å². The second-order valence-corrected chi connectivity index (χ2v) is 11.5. The second-order valence-electron chi connectivity index (χ2n) is 9.96. The van der Waals surface area contributed by atoms with Crippen molar-refractivity contribution < 1.29 is 34.7 Å². The number of ketones is 1. The van der Waals surface area contributed by atoms with E-state index in [1.165, 1.54) is 20.3 Å². The number of benzene rings is 4. The fourth-order valence-electron chi connectivity index (χ4n) is 5.49. The summed E-state index contributed by atoms with van der Waals surface area (Å²) < 4.78 is 10.5. The molecule has 208 valence electrons. The maximum atomic E-state index is 13.9. The zero-order chi connectivity index (χ0) is 29.6. The van der Waals surface area contributed by atoms with Gasteiger partial charge in [-0.3, -0.25) is 4.79 Å². The number of carbonyl (C=O) groups is 1. The van der Waals surface area contributed by atoms with Gasteiger partial charge in [-0.2, -0.15) is 0 Å². The van der Waals surface area contributed by atoms with E-state index < -0.39 is 28.4 Å². The largest absolute Gasteiger partial charge is 0.506 e. The average molecular weight is 624 g/mol. The third-order valence-corrected chi connectivity index (χ3v) is 9.13. The number of phenolic OH excluding ortho intramolecular Hbond substituents is 4. The van der Waals surface area contributed by atoms with Crippen LogP contribution in [-0.2, 0) is 5.41 Å². The highest BCUT2D eigenvalue weighted by molar-refractivity contribution is 6.41. The highest BCUT2D eigenvalue weighted by Crippen LogP contribution is 2.56. The molecule has 0 heterocycles. The smallest absolute Gasteiger partial charge is 0.201 e. The van der Waals surface area contributed by atoms with Crippen LogP contribution in [0.2, 0.25) is 20.1 Å². The lowest BCUT2D eigenvalue weighted by molar-refractivity contribution is 0.102. The molecule has 40 heavy (non-hydrogen) atoms. The summed E-state index contributed by atoms with van der Waals surface area (Å²) in [6.45, 7) is 5.19. The van der Waals surface area contributed by atoms with Crippen LogP contribution in [0.4, 0.5) is 0 Å².